The van der Waals surface area contributed by atoms with Gasteiger partial charge in [-0.3, -0.25) is 4.79 Å². The first-order valence-corrected chi connectivity index (χ1v) is 5.24. The molecule has 1 aromatic carbocycles. The van der Waals surface area contributed by atoms with Crippen LogP contribution in [-0.4, -0.2) is 22.1 Å². The number of amides is 1. The number of rotatable bonds is 5. The van der Waals surface area contributed by atoms with E-state index in [-0.39, 0.29) is 0 Å². The molecule has 17 heavy (non-hydrogen) atoms. The van der Waals surface area contributed by atoms with Crippen LogP contribution in [0.5, 0.6) is 5.75 Å². The molecule has 2 N–H and O–H groups in total. The normalized spacial score (nSPS) is 10.1. The Morgan fingerprint density at radius 3 is 3.06 bits per heavy atom. The Labute approximate surface area is 98.8 Å². The third kappa shape index (κ3) is 3.07. The average Bonchev–Trinajstić information content (AvgIpc) is 2.82. The molecule has 0 saturated heterocycles. The summed E-state index contributed by atoms with van der Waals surface area (Å²) in [6, 6.07) is 6.83. The third-order valence-electron chi connectivity index (χ3n) is 2.30. The van der Waals surface area contributed by atoms with Crippen LogP contribution in [0.1, 0.15) is 10.4 Å². The molecule has 0 unspecified atom stereocenters. The molecule has 0 saturated carbocycles. The Kier molecular flexibility index (Phi) is 3.40. The smallest absolute Gasteiger partial charge is 0.248 e. The zero-order chi connectivity index (χ0) is 12.1. The lowest BCUT2D eigenvalue weighted by molar-refractivity contribution is 0.1000. The van der Waals surface area contributed by atoms with E-state index in [0.29, 0.717) is 24.5 Å². The van der Waals surface area contributed by atoms with Gasteiger partial charge in [0.1, 0.15) is 12.4 Å². The number of aromatic nitrogens is 2. The zero-order valence-corrected chi connectivity index (χ0v) is 9.24. The number of hydrogen-bond donors (Lipinski definition) is 1. The van der Waals surface area contributed by atoms with Crippen LogP contribution >= 0.6 is 0 Å². The second-order valence-electron chi connectivity index (χ2n) is 3.54. The van der Waals surface area contributed by atoms with E-state index >= 15 is 0 Å². The molecule has 0 radical (unpaired) electrons. The molecule has 88 valence electrons. The van der Waals surface area contributed by atoms with Crippen LogP contribution in [-0.2, 0) is 6.54 Å². The number of nitrogens with two attached hydrogens (primary N) is 1. The van der Waals surface area contributed by atoms with E-state index in [2.05, 4.69) is 4.98 Å². The lowest BCUT2D eigenvalue weighted by Gasteiger charge is -2.07. The molecule has 2 rings (SSSR count). The van der Waals surface area contributed by atoms with Gasteiger partial charge in [-0.1, -0.05) is 6.07 Å². The van der Waals surface area contributed by atoms with Gasteiger partial charge in [-0.15, -0.1) is 0 Å². The van der Waals surface area contributed by atoms with E-state index in [0.717, 1.165) is 0 Å². The summed E-state index contributed by atoms with van der Waals surface area (Å²) in [6.45, 7) is 1.22. The highest BCUT2D eigenvalue weighted by Crippen LogP contribution is 2.12. The number of ether oxygens (including phenoxy) is 1. The van der Waals surface area contributed by atoms with Crippen molar-refractivity contribution in [2.24, 2.45) is 5.73 Å². The van der Waals surface area contributed by atoms with Gasteiger partial charge < -0.3 is 15.0 Å². The second kappa shape index (κ2) is 5.16. The van der Waals surface area contributed by atoms with Gasteiger partial charge in [0.15, 0.2) is 0 Å². The van der Waals surface area contributed by atoms with Gasteiger partial charge in [0.05, 0.1) is 12.9 Å². The Morgan fingerprint density at radius 2 is 2.35 bits per heavy atom. The second-order valence-corrected chi connectivity index (χ2v) is 3.54. The van der Waals surface area contributed by atoms with Crippen molar-refractivity contribution in [2.45, 2.75) is 6.54 Å². The van der Waals surface area contributed by atoms with Gasteiger partial charge in [-0.25, -0.2) is 4.98 Å². The van der Waals surface area contributed by atoms with E-state index in [1.165, 1.54) is 0 Å². The van der Waals surface area contributed by atoms with E-state index in [1.54, 1.807) is 36.8 Å². The van der Waals surface area contributed by atoms with Crippen molar-refractivity contribution in [3.8, 4) is 5.75 Å². The molecule has 5 nitrogen and oxygen atoms in total. The van der Waals surface area contributed by atoms with Gasteiger partial charge in [-0.2, -0.15) is 0 Å². The predicted molar refractivity (Wildman–Crippen MR) is 62.7 cm³/mol. The molecule has 0 aliphatic heterocycles. The van der Waals surface area contributed by atoms with Crippen LogP contribution in [0.15, 0.2) is 43.0 Å². The highest BCUT2D eigenvalue weighted by Gasteiger charge is 2.01. The summed E-state index contributed by atoms with van der Waals surface area (Å²) in [5.41, 5.74) is 5.63. The molecule has 0 spiro atoms. The van der Waals surface area contributed by atoms with Crippen molar-refractivity contribution in [1.29, 1.82) is 0 Å². The number of benzene rings is 1. The summed E-state index contributed by atoms with van der Waals surface area (Å²) >= 11 is 0. The van der Waals surface area contributed by atoms with Crippen LogP contribution in [0.4, 0.5) is 0 Å². The fourth-order valence-electron chi connectivity index (χ4n) is 1.43. The van der Waals surface area contributed by atoms with Gasteiger partial charge in [0.25, 0.3) is 0 Å². The number of primary amides is 1. The van der Waals surface area contributed by atoms with Gasteiger partial charge in [0.2, 0.25) is 5.91 Å². The van der Waals surface area contributed by atoms with Crippen molar-refractivity contribution in [1.82, 2.24) is 9.55 Å². The fourth-order valence-corrected chi connectivity index (χ4v) is 1.43. The molecular formula is C12H13N3O2. The monoisotopic (exact) mass is 231 g/mol. The average molecular weight is 231 g/mol. The van der Waals surface area contributed by atoms with Crippen molar-refractivity contribution in [3.05, 3.63) is 48.5 Å². The summed E-state index contributed by atoms with van der Waals surface area (Å²) in [6.07, 6.45) is 5.31. The van der Waals surface area contributed by atoms with Crippen molar-refractivity contribution >= 4 is 5.91 Å². The minimum atomic E-state index is -0.454. The lowest BCUT2D eigenvalue weighted by Crippen LogP contribution is -2.11. The first kappa shape index (κ1) is 11.2. The van der Waals surface area contributed by atoms with Crippen molar-refractivity contribution in [2.75, 3.05) is 6.61 Å². The van der Waals surface area contributed by atoms with E-state index < -0.39 is 5.91 Å². The summed E-state index contributed by atoms with van der Waals surface area (Å²) in [5, 5.41) is 0. The molecule has 1 amide bonds. The maximum Gasteiger partial charge on any atom is 0.248 e. The molecule has 1 heterocycles. The Hall–Kier alpha value is -2.30. The number of imidazole rings is 1. The maximum absolute atomic E-state index is 11.0. The third-order valence-corrected chi connectivity index (χ3v) is 2.30. The zero-order valence-electron chi connectivity index (χ0n) is 9.24. The first-order chi connectivity index (χ1) is 8.25. The number of nitrogens with zero attached hydrogens (tertiary/aromatic N) is 2. The van der Waals surface area contributed by atoms with Crippen LogP contribution in [0.25, 0.3) is 0 Å². The van der Waals surface area contributed by atoms with E-state index in [4.69, 9.17) is 10.5 Å². The number of carbonyl (C=O) groups excluding carboxylic acids is 1. The number of carbonyl (C=O) groups is 1. The van der Waals surface area contributed by atoms with Crippen LogP contribution in [0.2, 0.25) is 0 Å². The molecular weight excluding hydrogens is 218 g/mol. The minimum Gasteiger partial charge on any atom is -0.492 e. The molecule has 0 aliphatic rings. The molecule has 0 aliphatic carbocycles. The summed E-state index contributed by atoms with van der Waals surface area (Å²) < 4.78 is 7.43. The van der Waals surface area contributed by atoms with Gasteiger partial charge >= 0.3 is 0 Å². The standard InChI is InChI=1S/C12H13N3O2/c13-12(16)10-2-1-3-11(8-10)17-7-6-15-5-4-14-9-15/h1-5,8-9H,6-7H2,(H2,13,16). The Balaban J connectivity index is 1.90. The largest absolute Gasteiger partial charge is 0.492 e. The Bertz CT molecular complexity index is 494. The molecule has 5 heteroatoms. The van der Waals surface area contributed by atoms with E-state index in [1.807, 2.05) is 10.8 Å². The molecule has 0 atom stereocenters. The van der Waals surface area contributed by atoms with Crippen LogP contribution in [0.3, 0.4) is 0 Å². The fraction of sp³-hybridized carbons (Fsp3) is 0.167. The lowest BCUT2D eigenvalue weighted by atomic mass is 10.2. The van der Waals surface area contributed by atoms with Crippen molar-refractivity contribution in [3.63, 3.8) is 0 Å². The first-order valence-electron chi connectivity index (χ1n) is 5.24. The van der Waals surface area contributed by atoms with E-state index in [9.17, 15) is 4.79 Å². The molecule has 2 aromatic rings. The highest BCUT2D eigenvalue weighted by atomic mass is 16.5. The summed E-state index contributed by atoms with van der Waals surface area (Å²) in [5.74, 6) is 0.187. The maximum atomic E-state index is 11.0. The number of hydrogen-bond acceptors (Lipinski definition) is 3. The highest BCUT2D eigenvalue weighted by molar-refractivity contribution is 5.93. The molecule has 0 fully saturated rings. The van der Waals surface area contributed by atoms with Crippen LogP contribution < -0.4 is 10.5 Å². The van der Waals surface area contributed by atoms with Crippen molar-refractivity contribution < 1.29 is 9.53 Å². The van der Waals surface area contributed by atoms with Gasteiger partial charge in [0, 0.05) is 18.0 Å². The molecule has 1 aromatic heterocycles. The summed E-state index contributed by atoms with van der Waals surface area (Å²) in [4.78, 5) is 14.9. The predicted octanol–water partition coefficient (Wildman–Crippen LogP) is 1.06. The van der Waals surface area contributed by atoms with Gasteiger partial charge in [-0.05, 0) is 18.2 Å². The minimum absolute atomic E-state index is 0.449. The topological polar surface area (TPSA) is 70.1 Å². The quantitative estimate of drug-likeness (QED) is 0.836. The SMILES string of the molecule is NC(=O)c1cccc(OCCn2ccnc2)c1. The molecule has 0 bridgehead atoms. The van der Waals surface area contributed by atoms with Crippen LogP contribution in [0, 0.1) is 0 Å². The summed E-state index contributed by atoms with van der Waals surface area (Å²) in [7, 11) is 0. The Morgan fingerprint density at radius 1 is 1.47 bits per heavy atom.